The Hall–Kier alpha value is -3.92. The van der Waals surface area contributed by atoms with Crippen LogP contribution >= 0.6 is 0 Å². The zero-order valence-corrected chi connectivity index (χ0v) is 23.5. The molecule has 0 saturated heterocycles. The summed E-state index contributed by atoms with van der Waals surface area (Å²) in [6, 6.07) is 12.3. The van der Waals surface area contributed by atoms with E-state index in [1.807, 2.05) is 6.92 Å². The lowest BCUT2D eigenvalue weighted by Crippen LogP contribution is -2.39. The molecule has 206 valence electrons. The van der Waals surface area contributed by atoms with Crippen LogP contribution in [0.3, 0.4) is 0 Å². The number of nitrogens with zero attached hydrogens (tertiary/aromatic N) is 1. The first-order valence-electron chi connectivity index (χ1n) is 12.3. The van der Waals surface area contributed by atoms with Crippen molar-refractivity contribution in [2.45, 2.75) is 44.6 Å². The summed E-state index contributed by atoms with van der Waals surface area (Å²) in [4.78, 5) is 38.1. The average Bonchev–Trinajstić information content (AvgIpc) is 3.36. The Morgan fingerprint density at radius 2 is 1.33 bits per heavy atom. The maximum atomic E-state index is 14.2. The summed E-state index contributed by atoms with van der Waals surface area (Å²) < 4.78 is 44.6. The molecule has 1 aliphatic carbocycles. The van der Waals surface area contributed by atoms with Gasteiger partial charge in [0.25, 0.3) is 10.0 Å². The first kappa shape index (κ1) is 28.1. The van der Waals surface area contributed by atoms with Crippen molar-refractivity contribution >= 4 is 27.9 Å². The fourth-order valence-electron chi connectivity index (χ4n) is 5.48. The van der Waals surface area contributed by atoms with E-state index in [0.717, 1.165) is 5.56 Å². The minimum atomic E-state index is -4.10. The van der Waals surface area contributed by atoms with Gasteiger partial charge in [-0.05, 0) is 73.7 Å². The van der Waals surface area contributed by atoms with Crippen LogP contribution in [0.15, 0.2) is 75.8 Å². The molecule has 2 aliphatic rings. The Morgan fingerprint density at radius 3 is 1.85 bits per heavy atom. The van der Waals surface area contributed by atoms with E-state index in [9.17, 15) is 22.8 Å². The molecule has 9 nitrogen and oxygen atoms in total. The smallest absolute Gasteiger partial charge is 0.337 e. The molecular weight excluding hydrogens is 522 g/mol. The number of methoxy groups -OCH3 is 3. The van der Waals surface area contributed by atoms with Crippen LogP contribution in [-0.4, -0.2) is 52.0 Å². The Balaban J connectivity index is 1.96. The number of hydrogen-bond acceptors (Lipinski definition) is 8. The molecule has 10 heteroatoms. The molecule has 39 heavy (non-hydrogen) atoms. The van der Waals surface area contributed by atoms with Crippen molar-refractivity contribution in [1.29, 1.82) is 0 Å². The highest BCUT2D eigenvalue weighted by Gasteiger charge is 2.57. The van der Waals surface area contributed by atoms with E-state index in [4.69, 9.17) is 14.2 Å². The number of ether oxygens (including phenoxy) is 3. The Morgan fingerprint density at radius 1 is 0.795 bits per heavy atom. The number of esters is 3. The molecule has 1 aliphatic heterocycles. The molecule has 0 bridgehead atoms. The van der Waals surface area contributed by atoms with Gasteiger partial charge in [-0.2, -0.15) is 0 Å². The van der Waals surface area contributed by atoms with Crippen LogP contribution in [0.1, 0.15) is 54.2 Å². The summed E-state index contributed by atoms with van der Waals surface area (Å²) in [6.45, 7) is 5.34. The molecular formula is C29H31NO8S. The van der Waals surface area contributed by atoms with E-state index in [0.29, 0.717) is 33.5 Å². The second-order valence-corrected chi connectivity index (χ2v) is 11.6. The average molecular weight is 554 g/mol. The van der Waals surface area contributed by atoms with Crippen LogP contribution in [0.2, 0.25) is 0 Å². The first-order chi connectivity index (χ1) is 18.4. The highest BCUT2D eigenvalue weighted by atomic mass is 32.2. The van der Waals surface area contributed by atoms with Crippen LogP contribution in [0.4, 0.5) is 0 Å². The number of hydrogen-bond donors (Lipinski definition) is 0. The zero-order chi connectivity index (χ0) is 28.7. The quantitative estimate of drug-likeness (QED) is 0.296. The van der Waals surface area contributed by atoms with Crippen LogP contribution < -0.4 is 0 Å². The van der Waals surface area contributed by atoms with E-state index in [2.05, 4.69) is 0 Å². The van der Waals surface area contributed by atoms with Gasteiger partial charge < -0.3 is 14.2 Å². The monoisotopic (exact) mass is 553 g/mol. The standard InChI is InChI=1S/C29H31NO8S/c1-17-7-13-22(14-8-17)39(34,35)30-19(3)24-16-29(27(32)37-5,28(33)38-6)15-23(24)18(2)25(30)20-9-11-21(12-10-20)26(31)36-4/h7-14,25H,15-16H2,1-6H3. The molecule has 2 aromatic carbocycles. The summed E-state index contributed by atoms with van der Waals surface area (Å²) >= 11 is 0. The SMILES string of the molecule is COC(=O)c1ccc(C2C(C)=C3CC(C(=O)OC)(C(=O)OC)CC3=C(C)N2S(=O)(=O)c2ccc(C)cc2)cc1. The molecule has 1 fully saturated rings. The van der Waals surface area contributed by atoms with Gasteiger partial charge in [-0.3, -0.25) is 13.9 Å². The maximum absolute atomic E-state index is 14.2. The van der Waals surface area contributed by atoms with E-state index in [-0.39, 0.29) is 17.7 Å². The number of fused-ring (bicyclic) bond motifs is 1. The fourth-order valence-corrected chi connectivity index (χ4v) is 7.22. The Bertz CT molecular complexity index is 1490. The lowest BCUT2D eigenvalue weighted by molar-refractivity contribution is -0.168. The summed E-state index contributed by atoms with van der Waals surface area (Å²) in [7, 11) is -0.404. The van der Waals surface area contributed by atoms with Gasteiger partial charge in [-0.15, -0.1) is 0 Å². The Kier molecular flexibility index (Phi) is 7.44. The molecule has 0 spiro atoms. The number of sulfonamides is 1. The van der Waals surface area contributed by atoms with E-state index in [1.54, 1.807) is 62.4 Å². The van der Waals surface area contributed by atoms with Gasteiger partial charge in [0, 0.05) is 12.1 Å². The second-order valence-electron chi connectivity index (χ2n) is 9.77. The normalized spacial score (nSPS) is 18.5. The molecule has 1 heterocycles. The lowest BCUT2D eigenvalue weighted by Gasteiger charge is -2.39. The minimum Gasteiger partial charge on any atom is -0.468 e. The van der Waals surface area contributed by atoms with Gasteiger partial charge in [0.15, 0.2) is 5.41 Å². The van der Waals surface area contributed by atoms with Crippen molar-refractivity contribution < 1.29 is 37.0 Å². The molecule has 1 unspecified atom stereocenters. The zero-order valence-electron chi connectivity index (χ0n) is 22.7. The number of carbonyl (C=O) groups is 3. The van der Waals surface area contributed by atoms with Gasteiger partial charge in [0.2, 0.25) is 0 Å². The van der Waals surface area contributed by atoms with Gasteiger partial charge >= 0.3 is 17.9 Å². The highest BCUT2D eigenvalue weighted by Crippen LogP contribution is 2.55. The summed E-state index contributed by atoms with van der Waals surface area (Å²) in [5, 5.41) is 0. The third kappa shape index (κ3) is 4.52. The van der Waals surface area contributed by atoms with Gasteiger partial charge in [-0.1, -0.05) is 29.8 Å². The summed E-state index contributed by atoms with van der Waals surface area (Å²) in [6.07, 6.45) is -0.0429. The molecule has 0 N–H and O–H groups in total. The van der Waals surface area contributed by atoms with E-state index >= 15 is 0 Å². The molecule has 4 rings (SSSR count). The minimum absolute atomic E-state index is 0.0139. The number of allylic oxidation sites excluding steroid dienone is 3. The topological polar surface area (TPSA) is 116 Å². The second kappa shape index (κ2) is 10.3. The van der Waals surface area contributed by atoms with Gasteiger partial charge in [0.05, 0.1) is 37.8 Å². The number of benzene rings is 2. The Labute approximate surface area is 228 Å². The number of rotatable bonds is 6. The van der Waals surface area contributed by atoms with Crippen LogP contribution in [-0.2, 0) is 33.8 Å². The van der Waals surface area contributed by atoms with Crippen molar-refractivity contribution in [3.63, 3.8) is 0 Å². The molecule has 1 atom stereocenters. The largest absolute Gasteiger partial charge is 0.468 e. The number of aryl methyl sites for hydroxylation is 1. The molecule has 1 saturated carbocycles. The van der Waals surface area contributed by atoms with Crippen molar-refractivity contribution in [2.75, 3.05) is 21.3 Å². The lowest BCUT2D eigenvalue weighted by atomic mass is 9.85. The van der Waals surface area contributed by atoms with Crippen molar-refractivity contribution in [2.24, 2.45) is 5.41 Å². The molecule has 0 amide bonds. The highest BCUT2D eigenvalue weighted by molar-refractivity contribution is 7.89. The summed E-state index contributed by atoms with van der Waals surface area (Å²) in [5.41, 5.74) is 2.56. The predicted molar refractivity (Wildman–Crippen MR) is 142 cm³/mol. The molecule has 2 aromatic rings. The van der Waals surface area contributed by atoms with Crippen LogP contribution in [0.25, 0.3) is 0 Å². The third-order valence-corrected chi connectivity index (χ3v) is 9.46. The predicted octanol–water partition coefficient (Wildman–Crippen LogP) is 4.24. The van der Waals surface area contributed by atoms with Crippen molar-refractivity contribution in [1.82, 2.24) is 4.31 Å². The van der Waals surface area contributed by atoms with E-state index < -0.39 is 39.4 Å². The fraction of sp³-hybridized carbons (Fsp3) is 0.345. The van der Waals surface area contributed by atoms with Gasteiger partial charge in [0.1, 0.15) is 0 Å². The summed E-state index contributed by atoms with van der Waals surface area (Å²) in [5.74, 6) is -1.99. The van der Waals surface area contributed by atoms with Crippen LogP contribution in [0, 0.1) is 12.3 Å². The van der Waals surface area contributed by atoms with Crippen LogP contribution in [0.5, 0.6) is 0 Å². The third-order valence-electron chi connectivity index (χ3n) is 7.59. The van der Waals surface area contributed by atoms with Crippen molar-refractivity contribution in [3.05, 3.63) is 87.6 Å². The maximum Gasteiger partial charge on any atom is 0.337 e. The number of carbonyl (C=O) groups excluding carboxylic acids is 3. The molecule has 0 aromatic heterocycles. The van der Waals surface area contributed by atoms with Gasteiger partial charge in [-0.25, -0.2) is 13.2 Å². The molecule has 0 radical (unpaired) electrons. The van der Waals surface area contributed by atoms with E-state index in [1.165, 1.54) is 25.6 Å². The van der Waals surface area contributed by atoms with Crippen molar-refractivity contribution in [3.8, 4) is 0 Å². The first-order valence-corrected chi connectivity index (χ1v) is 13.7.